The molecule has 1 fully saturated rings. The zero-order valence-electron chi connectivity index (χ0n) is 25.3. The lowest BCUT2D eigenvalue weighted by Gasteiger charge is -2.34. The van der Waals surface area contributed by atoms with Crippen LogP contribution >= 0.6 is 23.2 Å². The summed E-state index contributed by atoms with van der Waals surface area (Å²) in [4.78, 5) is 29.4. The number of carbonyl (C=O) groups is 2. The highest BCUT2D eigenvalue weighted by Crippen LogP contribution is 2.32. The third-order valence-electron chi connectivity index (χ3n) is 7.91. The van der Waals surface area contributed by atoms with Gasteiger partial charge in [0.15, 0.2) is 0 Å². The molecule has 1 aliphatic rings. The van der Waals surface area contributed by atoms with Crippen molar-refractivity contribution in [2.24, 2.45) is 0 Å². The highest BCUT2D eigenvalue weighted by molar-refractivity contribution is 7.92. The second-order valence-corrected chi connectivity index (χ2v) is 13.8. The van der Waals surface area contributed by atoms with E-state index in [0.717, 1.165) is 47.5 Å². The fraction of sp³-hybridized carbons (Fsp3) is 0.394. The molecule has 0 radical (unpaired) electrons. The molecule has 3 aromatic rings. The van der Waals surface area contributed by atoms with Crippen molar-refractivity contribution in [1.82, 2.24) is 10.2 Å². The third kappa shape index (κ3) is 8.25. The number of benzene rings is 3. The van der Waals surface area contributed by atoms with Gasteiger partial charge in [-0.15, -0.1) is 0 Å². The van der Waals surface area contributed by atoms with Gasteiger partial charge in [0.2, 0.25) is 11.8 Å². The van der Waals surface area contributed by atoms with Crippen LogP contribution in [0.2, 0.25) is 10.0 Å². The van der Waals surface area contributed by atoms with Crippen LogP contribution in [0, 0.1) is 6.92 Å². The van der Waals surface area contributed by atoms with Crippen LogP contribution in [0.4, 0.5) is 5.69 Å². The molecule has 0 bridgehead atoms. The van der Waals surface area contributed by atoms with Crippen molar-refractivity contribution in [3.05, 3.63) is 87.9 Å². The number of sulfonamides is 1. The van der Waals surface area contributed by atoms with Crippen molar-refractivity contribution in [3.8, 4) is 5.75 Å². The zero-order valence-corrected chi connectivity index (χ0v) is 27.6. The number of carbonyl (C=O) groups excluding carboxylic acids is 2. The first-order chi connectivity index (χ1) is 21.0. The summed E-state index contributed by atoms with van der Waals surface area (Å²) < 4.78 is 34.5. The lowest BCUT2D eigenvalue weighted by Crippen LogP contribution is -2.54. The quantitative estimate of drug-likeness (QED) is 0.232. The smallest absolute Gasteiger partial charge is 0.264 e. The van der Waals surface area contributed by atoms with Gasteiger partial charge in [-0.25, -0.2) is 8.42 Å². The number of ether oxygens (including phenoxy) is 1. The largest absolute Gasteiger partial charge is 0.495 e. The van der Waals surface area contributed by atoms with E-state index >= 15 is 0 Å². The van der Waals surface area contributed by atoms with Gasteiger partial charge in [0, 0.05) is 17.6 Å². The summed E-state index contributed by atoms with van der Waals surface area (Å²) in [6.45, 7) is 3.24. The summed E-state index contributed by atoms with van der Waals surface area (Å²) in [5.41, 5.74) is 1.84. The van der Waals surface area contributed by atoms with Gasteiger partial charge in [0.25, 0.3) is 10.0 Å². The SMILES string of the molecule is CC[C@H](C(=O)NC1CCCCC1)N(Cc1ccc(Cl)cc1)C(=O)CN(c1ccc(OC)c(Cl)c1)S(=O)(=O)c1ccc(C)cc1. The molecule has 236 valence electrons. The molecular formula is C33H39Cl2N3O5S. The van der Waals surface area contributed by atoms with Crippen LogP contribution in [0.3, 0.4) is 0 Å². The van der Waals surface area contributed by atoms with Crippen LogP contribution < -0.4 is 14.4 Å². The first-order valence-electron chi connectivity index (χ1n) is 14.8. The second kappa shape index (κ2) is 15.1. The fourth-order valence-electron chi connectivity index (χ4n) is 5.43. The second-order valence-electron chi connectivity index (χ2n) is 11.1. The number of aryl methyl sites for hydroxylation is 1. The van der Waals surface area contributed by atoms with Gasteiger partial charge in [-0.1, -0.05) is 79.2 Å². The normalized spacial score (nSPS) is 14.5. The number of nitrogens with zero attached hydrogens (tertiary/aromatic N) is 2. The molecule has 0 aliphatic heterocycles. The molecule has 8 nitrogen and oxygen atoms in total. The van der Waals surface area contributed by atoms with Gasteiger partial charge >= 0.3 is 0 Å². The van der Waals surface area contributed by atoms with E-state index in [4.69, 9.17) is 27.9 Å². The van der Waals surface area contributed by atoms with Crippen molar-refractivity contribution < 1.29 is 22.7 Å². The number of amides is 2. The Hall–Kier alpha value is -3.27. The minimum atomic E-state index is -4.22. The van der Waals surface area contributed by atoms with Crippen molar-refractivity contribution >= 4 is 50.7 Å². The van der Waals surface area contributed by atoms with Gasteiger partial charge < -0.3 is 15.0 Å². The molecule has 1 N–H and O–H groups in total. The predicted octanol–water partition coefficient (Wildman–Crippen LogP) is 6.76. The number of nitrogens with one attached hydrogen (secondary N) is 1. The van der Waals surface area contributed by atoms with E-state index in [1.165, 1.54) is 30.2 Å². The average molecular weight is 661 g/mol. The Labute approximate surface area is 270 Å². The number of methoxy groups -OCH3 is 1. The Kier molecular flexibility index (Phi) is 11.6. The summed E-state index contributed by atoms with van der Waals surface area (Å²) in [6.07, 6.45) is 5.38. The molecule has 1 aliphatic carbocycles. The monoisotopic (exact) mass is 659 g/mol. The summed E-state index contributed by atoms with van der Waals surface area (Å²) in [5, 5.41) is 3.88. The molecule has 0 spiro atoms. The van der Waals surface area contributed by atoms with Crippen molar-refractivity contribution in [3.63, 3.8) is 0 Å². The van der Waals surface area contributed by atoms with Gasteiger partial charge in [-0.05, 0) is 74.2 Å². The molecule has 2 amide bonds. The molecule has 3 aromatic carbocycles. The first-order valence-corrected chi connectivity index (χ1v) is 17.0. The summed E-state index contributed by atoms with van der Waals surface area (Å²) >= 11 is 12.5. The predicted molar refractivity (Wildman–Crippen MR) is 175 cm³/mol. The molecule has 1 saturated carbocycles. The molecule has 0 heterocycles. The van der Waals surface area contributed by atoms with Crippen LogP contribution in [-0.2, 0) is 26.2 Å². The summed E-state index contributed by atoms with van der Waals surface area (Å²) in [6, 6.07) is 17.2. The van der Waals surface area contributed by atoms with E-state index in [1.807, 2.05) is 13.8 Å². The molecular weight excluding hydrogens is 621 g/mol. The van der Waals surface area contributed by atoms with Crippen molar-refractivity contribution in [2.45, 2.75) is 75.9 Å². The van der Waals surface area contributed by atoms with Crippen LogP contribution in [0.1, 0.15) is 56.6 Å². The maximum atomic E-state index is 14.3. The van der Waals surface area contributed by atoms with E-state index in [9.17, 15) is 18.0 Å². The maximum absolute atomic E-state index is 14.3. The van der Waals surface area contributed by atoms with Crippen LogP contribution in [0.5, 0.6) is 5.75 Å². The highest BCUT2D eigenvalue weighted by atomic mass is 35.5. The Morgan fingerprint density at radius 1 is 0.977 bits per heavy atom. The fourth-order valence-corrected chi connectivity index (χ4v) is 7.21. The van der Waals surface area contributed by atoms with Gasteiger partial charge in [0.1, 0.15) is 18.3 Å². The van der Waals surface area contributed by atoms with E-state index < -0.39 is 28.5 Å². The van der Waals surface area contributed by atoms with Crippen molar-refractivity contribution in [1.29, 1.82) is 0 Å². The van der Waals surface area contributed by atoms with Gasteiger partial charge in [-0.2, -0.15) is 0 Å². The zero-order chi connectivity index (χ0) is 31.9. The topological polar surface area (TPSA) is 96.0 Å². The Morgan fingerprint density at radius 2 is 1.64 bits per heavy atom. The molecule has 11 heteroatoms. The molecule has 0 unspecified atom stereocenters. The van der Waals surface area contributed by atoms with Crippen LogP contribution in [0.25, 0.3) is 0 Å². The Morgan fingerprint density at radius 3 is 2.23 bits per heavy atom. The molecule has 44 heavy (non-hydrogen) atoms. The van der Waals surface area contributed by atoms with E-state index in [-0.39, 0.29) is 34.1 Å². The lowest BCUT2D eigenvalue weighted by atomic mass is 9.95. The van der Waals surface area contributed by atoms with Crippen molar-refractivity contribution in [2.75, 3.05) is 18.0 Å². The summed E-state index contributed by atoms with van der Waals surface area (Å²) in [7, 11) is -2.76. The number of hydrogen-bond acceptors (Lipinski definition) is 5. The Balaban J connectivity index is 1.73. The highest BCUT2D eigenvalue weighted by Gasteiger charge is 2.34. The number of halogens is 2. The number of hydrogen-bond donors (Lipinski definition) is 1. The van der Waals surface area contributed by atoms with E-state index in [2.05, 4.69) is 5.32 Å². The third-order valence-corrected chi connectivity index (χ3v) is 10.3. The van der Waals surface area contributed by atoms with E-state index in [0.29, 0.717) is 17.2 Å². The average Bonchev–Trinajstić information content (AvgIpc) is 3.01. The molecule has 0 aromatic heterocycles. The van der Waals surface area contributed by atoms with Crippen LogP contribution in [-0.4, -0.2) is 50.9 Å². The molecule has 0 saturated heterocycles. The molecule has 4 rings (SSSR count). The van der Waals surface area contributed by atoms with Crippen LogP contribution in [0.15, 0.2) is 71.6 Å². The van der Waals surface area contributed by atoms with E-state index in [1.54, 1.807) is 48.5 Å². The first kappa shape index (κ1) is 33.6. The maximum Gasteiger partial charge on any atom is 0.264 e. The minimum absolute atomic E-state index is 0.0224. The lowest BCUT2D eigenvalue weighted by molar-refractivity contribution is -0.140. The van der Waals surface area contributed by atoms with Gasteiger partial charge in [-0.3, -0.25) is 13.9 Å². The number of rotatable bonds is 12. The summed E-state index contributed by atoms with van der Waals surface area (Å²) in [5.74, 6) is -0.417. The Bertz CT molecular complexity index is 1540. The minimum Gasteiger partial charge on any atom is -0.495 e. The number of anilines is 1. The van der Waals surface area contributed by atoms with Gasteiger partial charge in [0.05, 0.1) is 22.7 Å². The molecule has 1 atom stereocenters. The standard InChI is InChI=1S/C33H39Cl2N3O5S/c1-4-30(33(40)36-26-8-6-5-7-9-26)37(21-24-12-14-25(34)15-13-24)32(39)22-38(27-16-19-31(43-3)29(35)20-27)44(41,42)28-17-10-23(2)11-18-28/h10-20,26,30H,4-9,21-22H2,1-3H3,(H,36,40)/t30-/m1/s1.